The number of hydrogen-bond donors (Lipinski definition) is 2. The number of nitrogens with zero attached hydrogens (tertiary/aromatic N) is 5. The van der Waals surface area contributed by atoms with Gasteiger partial charge in [-0.2, -0.15) is 9.97 Å². The Morgan fingerprint density at radius 2 is 2.03 bits per heavy atom. The molecule has 9 heteroatoms. The summed E-state index contributed by atoms with van der Waals surface area (Å²) in [5.74, 6) is 2.28. The topological polar surface area (TPSA) is 88.1 Å². The molecule has 2 aliphatic heterocycles. The second-order valence-corrected chi connectivity index (χ2v) is 8.99. The first kappa shape index (κ1) is 20.3. The van der Waals surface area contributed by atoms with Gasteiger partial charge in [0.05, 0.1) is 18.1 Å². The quantitative estimate of drug-likeness (QED) is 0.493. The monoisotopic (exact) mass is 447 g/mol. The largest absolute Gasteiger partial charge is 0.421 e. The van der Waals surface area contributed by atoms with E-state index in [2.05, 4.69) is 25.5 Å². The maximum Gasteiger partial charge on any atom is 0.324 e. The summed E-state index contributed by atoms with van der Waals surface area (Å²) in [5.41, 5.74) is 4.43. The number of anilines is 2. The summed E-state index contributed by atoms with van der Waals surface area (Å²) in [5, 5.41) is 6.78. The lowest BCUT2D eigenvalue weighted by Crippen LogP contribution is -2.40. The number of rotatable bonds is 4. The number of nitrogens with one attached hydrogen (secondary N) is 2. The first-order valence-corrected chi connectivity index (χ1v) is 11.5. The van der Waals surface area contributed by atoms with Gasteiger partial charge in [-0.1, -0.05) is 0 Å². The Balaban J connectivity index is 1.45. The second kappa shape index (κ2) is 7.91. The zero-order valence-corrected chi connectivity index (χ0v) is 18.7. The average Bonchev–Trinajstić information content (AvgIpc) is 3.41. The maximum absolute atomic E-state index is 14.5. The molecule has 3 aliphatic rings. The van der Waals surface area contributed by atoms with Gasteiger partial charge in [-0.3, -0.25) is 0 Å². The van der Waals surface area contributed by atoms with Gasteiger partial charge in [-0.25, -0.2) is 14.4 Å². The number of fused-ring (bicyclic) bond motifs is 4. The van der Waals surface area contributed by atoms with Crippen molar-refractivity contribution in [2.75, 3.05) is 36.9 Å². The number of ether oxygens (including phenoxy) is 1. The van der Waals surface area contributed by atoms with E-state index in [1.807, 2.05) is 14.0 Å². The van der Waals surface area contributed by atoms with E-state index in [0.29, 0.717) is 30.0 Å². The van der Waals surface area contributed by atoms with E-state index in [-0.39, 0.29) is 11.8 Å². The van der Waals surface area contributed by atoms with Crippen LogP contribution in [-0.2, 0) is 6.42 Å². The highest BCUT2D eigenvalue weighted by atomic mass is 19.1. The van der Waals surface area contributed by atoms with E-state index < -0.39 is 0 Å². The molecule has 2 fully saturated rings. The van der Waals surface area contributed by atoms with Crippen LogP contribution < -0.4 is 20.3 Å². The molecule has 0 radical (unpaired) electrons. The minimum absolute atomic E-state index is 0.262. The fourth-order valence-electron chi connectivity index (χ4n) is 5.35. The Labute approximate surface area is 191 Å². The predicted molar refractivity (Wildman–Crippen MR) is 123 cm³/mol. The van der Waals surface area contributed by atoms with Crippen LogP contribution in [0.2, 0.25) is 0 Å². The van der Waals surface area contributed by atoms with Crippen LogP contribution in [0.4, 0.5) is 15.9 Å². The second-order valence-electron chi connectivity index (χ2n) is 8.99. The molecule has 8 nitrogen and oxygen atoms in total. The summed E-state index contributed by atoms with van der Waals surface area (Å²) in [6.45, 7) is 4.66. The van der Waals surface area contributed by atoms with E-state index in [1.165, 1.54) is 18.9 Å². The standard InChI is InChI=1S/C24H26FN7O/c1-13-28-9-16(10-29-13)33-24-30-20-8-17-18(6-15(25)7-19(17)26-2)22(20)23(31-24)32-11-14-4-3-5-27-21(14)12-32/h6-7,9-10,14,21,26-27H,3-5,8,11-12H2,1-2H3/t14-,21+/m1/s1. The molecular weight excluding hydrogens is 421 g/mol. The molecule has 1 aromatic carbocycles. The van der Waals surface area contributed by atoms with Crippen LogP contribution in [0, 0.1) is 18.7 Å². The molecule has 3 aromatic rings. The summed E-state index contributed by atoms with van der Waals surface area (Å²) >= 11 is 0. The Morgan fingerprint density at radius 1 is 1.18 bits per heavy atom. The van der Waals surface area contributed by atoms with Crippen LogP contribution in [-0.4, -0.2) is 52.7 Å². The van der Waals surface area contributed by atoms with Crippen molar-refractivity contribution in [1.82, 2.24) is 25.3 Å². The van der Waals surface area contributed by atoms with Crippen LogP contribution in [0.25, 0.3) is 11.1 Å². The number of aryl methyl sites for hydroxylation is 1. The maximum atomic E-state index is 14.5. The van der Waals surface area contributed by atoms with E-state index in [1.54, 1.807) is 18.5 Å². The van der Waals surface area contributed by atoms with Crippen LogP contribution in [0.15, 0.2) is 24.5 Å². The van der Waals surface area contributed by atoms with Crippen molar-refractivity contribution in [3.05, 3.63) is 47.4 Å². The minimum Gasteiger partial charge on any atom is -0.421 e. The zero-order valence-electron chi connectivity index (χ0n) is 18.7. The fourth-order valence-corrected chi connectivity index (χ4v) is 5.35. The summed E-state index contributed by atoms with van der Waals surface area (Å²) in [4.78, 5) is 20.3. The molecule has 2 atom stereocenters. The van der Waals surface area contributed by atoms with Crippen LogP contribution >= 0.6 is 0 Å². The molecule has 0 saturated carbocycles. The number of halogens is 1. The van der Waals surface area contributed by atoms with E-state index >= 15 is 0 Å². The molecule has 0 bridgehead atoms. The smallest absolute Gasteiger partial charge is 0.324 e. The van der Waals surface area contributed by atoms with Crippen molar-refractivity contribution in [2.24, 2.45) is 5.92 Å². The van der Waals surface area contributed by atoms with Crippen molar-refractivity contribution in [3.8, 4) is 22.9 Å². The molecule has 2 N–H and O–H groups in total. The fraction of sp³-hybridized carbons (Fsp3) is 0.417. The molecule has 33 heavy (non-hydrogen) atoms. The Morgan fingerprint density at radius 3 is 2.82 bits per heavy atom. The highest BCUT2D eigenvalue weighted by molar-refractivity contribution is 5.88. The van der Waals surface area contributed by atoms with Crippen LogP contribution in [0.1, 0.15) is 29.9 Å². The molecule has 4 heterocycles. The third-order valence-corrected chi connectivity index (χ3v) is 6.91. The third kappa shape index (κ3) is 3.56. The van der Waals surface area contributed by atoms with Crippen molar-refractivity contribution in [1.29, 1.82) is 0 Å². The molecule has 6 rings (SSSR count). The number of piperidine rings is 1. The zero-order chi connectivity index (χ0) is 22.5. The first-order chi connectivity index (χ1) is 16.1. The molecule has 170 valence electrons. The minimum atomic E-state index is -0.272. The molecule has 0 amide bonds. The number of benzene rings is 1. The normalized spacial score (nSPS) is 20.9. The highest BCUT2D eigenvalue weighted by Gasteiger charge is 2.38. The molecule has 2 saturated heterocycles. The predicted octanol–water partition coefficient (Wildman–Crippen LogP) is 3.31. The first-order valence-electron chi connectivity index (χ1n) is 11.5. The number of hydrogen-bond acceptors (Lipinski definition) is 8. The lowest BCUT2D eigenvalue weighted by molar-refractivity contribution is 0.340. The summed E-state index contributed by atoms with van der Waals surface area (Å²) < 4.78 is 20.5. The molecule has 0 unspecified atom stereocenters. The Hall–Kier alpha value is -3.33. The van der Waals surface area contributed by atoms with Crippen molar-refractivity contribution < 1.29 is 9.13 Å². The van der Waals surface area contributed by atoms with Crippen molar-refractivity contribution >= 4 is 11.5 Å². The molecular formula is C24H26FN7O. The third-order valence-electron chi connectivity index (χ3n) is 6.91. The number of aromatic nitrogens is 4. The Kier molecular flexibility index (Phi) is 4.86. The van der Waals surface area contributed by atoms with Gasteiger partial charge >= 0.3 is 6.01 Å². The highest BCUT2D eigenvalue weighted by Crippen LogP contribution is 2.46. The summed E-state index contributed by atoms with van der Waals surface area (Å²) in [6, 6.07) is 3.84. The van der Waals surface area contributed by atoms with Gasteiger partial charge in [0.25, 0.3) is 0 Å². The summed E-state index contributed by atoms with van der Waals surface area (Å²) in [7, 11) is 1.81. The van der Waals surface area contributed by atoms with Gasteiger partial charge in [-0.15, -0.1) is 0 Å². The van der Waals surface area contributed by atoms with Gasteiger partial charge < -0.3 is 20.3 Å². The van der Waals surface area contributed by atoms with Crippen molar-refractivity contribution in [3.63, 3.8) is 0 Å². The lowest BCUT2D eigenvalue weighted by atomic mass is 9.94. The molecule has 1 aliphatic carbocycles. The van der Waals surface area contributed by atoms with E-state index in [4.69, 9.17) is 14.7 Å². The van der Waals surface area contributed by atoms with Gasteiger partial charge in [0, 0.05) is 43.9 Å². The van der Waals surface area contributed by atoms with E-state index in [0.717, 1.165) is 53.5 Å². The molecule has 0 spiro atoms. The van der Waals surface area contributed by atoms with Gasteiger partial charge in [0.15, 0.2) is 5.75 Å². The summed E-state index contributed by atoms with van der Waals surface area (Å²) in [6.07, 6.45) is 6.24. The van der Waals surface area contributed by atoms with Crippen LogP contribution in [0.5, 0.6) is 11.8 Å². The van der Waals surface area contributed by atoms with Crippen LogP contribution in [0.3, 0.4) is 0 Å². The van der Waals surface area contributed by atoms with Gasteiger partial charge in [0.1, 0.15) is 17.5 Å². The Bertz CT molecular complexity index is 1200. The van der Waals surface area contributed by atoms with Gasteiger partial charge in [-0.05, 0) is 55.5 Å². The lowest BCUT2D eigenvalue weighted by Gasteiger charge is -2.24. The van der Waals surface area contributed by atoms with E-state index in [9.17, 15) is 4.39 Å². The van der Waals surface area contributed by atoms with Crippen molar-refractivity contribution in [2.45, 2.75) is 32.2 Å². The average molecular weight is 448 g/mol. The molecule has 2 aromatic heterocycles. The van der Waals surface area contributed by atoms with Gasteiger partial charge in [0.2, 0.25) is 0 Å². The SMILES string of the molecule is CNc1cc(F)cc2c1Cc1nc(Oc3cnc(C)nc3)nc(N3C[C@H]4CCCN[C@H]4C3)c1-2.